The van der Waals surface area contributed by atoms with Crippen molar-refractivity contribution >= 4 is 12.0 Å². The molecule has 0 aliphatic carbocycles. The second-order valence-corrected chi connectivity index (χ2v) is 3.89. The van der Waals surface area contributed by atoms with Gasteiger partial charge < -0.3 is 25.3 Å². The molecule has 18 heavy (non-hydrogen) atoms. The minimum atomic E-state index is -1.60. The van der Waals surface area contributed by atoms with Gasteiger partial charge in [-0.3, -0.25) is 0 Å². The molecule has 0 aliphatic heterocycles. The Morgan fingerprint density at radius 3 is 2.78 bits per heavy atom. The van der Waals surface area contributed by atoms with Gasteiger partial charge in [0.15, 0.2) is 6.10 Å². The molecule has 0 radical (unpaired) electrons. The maximum absolute atomic E-state index is 11.4. The zero-order chi connectivity index (χ0) is 13.5. The lowest BCUT2D eigenvalue weighted by Gasteiger charge is -2.14. The first-order chi connectivity index (χ1) is 8.49. The number of hydrogen-bond acceptors (Lipinski definition) is 4. The zero-order valence-corrected chi connectivity index (χ0v) is 9.92. The fourth-order valence-corrected chi connectivity index (χ4v) is 1.33. The fraction of sp³-hybridized carbons (Fsp3) is 0.455. The number of hydrogen-bond donors (Lipinski definition) is 4. The topological polar surface area (TPSA) is 112 Å². The Hall–Kier alpha value is -2.02. The Bertz CT molecular complexity index is 390. The highest BCUT2D eigenvalue weighted by atomic mass is 16.4. The highest BCUT2D eigenvalue weighted by molar-refractivity contribution is 5.76. The molecule has 1 rings (SSSR count). The smallest absolute Gasteiger partial charge is 0.334 e. The summed E-state index contributed by atoms with van der Waals surface area (Å²) in [5.74, 6) is -0.632. The average Bonchev–Trinajstić information content (AvgIpc) is 2.78. The molecular formula is C11H16N2O5. The van der Waals surface area contributed by atoms with Crippen molar-refractivity contribution in [3.63, 3.8) is 0 Å². The molecule has 0 spiro atoms. The van der Waals surface area contributed by atoms with Crippen LogP contribution in [0.25, 0.3) is 0 Å². The zero-order valence-electron chi connectivity index (χ0n) is 9.92. The lowest BCUT2D eigenvalue weighted by molar-refractivity contribution is -0.146. The molecule has 100 valence electrons. The highest BCUT2D eigenvalue weighted by Gasteiger charge is 2.15. The van der Waals surface area contributed by atoms with Gasteiger partial charge in [0, 0.05) is 12.5 Å². The van der Waals surface area contributed by atoms with Gasteiger partial charge in [0.2, 0.25) is 0 Å². The van der Waals surface area contributed by atoms with Crippen LogP contribution in [0.15, 0.2) is 22.8 Å². The van der Waals surface area contributed by atoms with Gasteiger partial charge in [-0.25, -0.2) is 9.59 Å². The number of aliphatic hydroxyl groups is 1. The summed E-state index contributed by atoms with van der Waals surface area (Å²) in [5.41, 5.74) is 0. The Kier molecular flexibility index (Phi) is 5.19. The molecule has 0 saturated heterocycles. The minimum absolute atomic E-state index is 0.168. The molecule has 1 aromatic heterocycles. The molecule has 0 bridgehead atoms. The monoisotopic (exact) mass is 256 g/mol. The number of furan rings is 1. The van der Waals surface area contributed by atoms with Crippen LogP contribution in [0.4, 0.5) is 4.79 Å². The van der Waals surface area contributed by atoms with Gasteiger partial charge >= 0.3 is 12.0 Å². The van der Waals surface area contributed by atoms with Crippen molar-refractivity contribution < 1.29 is 24.2 Å². The van der Waals surface area contributed by atoms with Crippen molar-refractivity contribution in [1.82, 2.24) is 10.6 Å². The normalized spacial score (nSPS) is 13.7. The summed E-state index contributed by atoms with van der Waals surface area (Å²) in [7, 11) is 0. The number of rotatable bonds is 6. The van der Waals surface area contributed by atoms with Crippen molar-refractivity contribution in [2.24, 2.45) is 0 Å². The first-order valence-electron chi connectivity index (χ1n) is 5.46. The highest BCUT2D eigenvalue weighted by Crippen LogP contribution is 2.03. The molecule has 1 aromatic rings. The predicted octanol–water partition coefficient (Wildman–Crippen LogP) is -0.0447. The molecule has 7 heteroatoms. The van der Waals surface area contributed by atoms with E-state index in [9.17, 15) is 9.59 Å². The largest absolute Gasteiger partial charge is 0.479 e. The van der Waals surface area contributed by atoms with Gasteiger partial charge in [-0.05, 0) is 19.1 Å². The van der Waals surface area contributed by atoms with Crippen molar-refractivity contribution in [2.75, 3.05) is 6.54 Å². The van der Waals surface area contributed by atoms with Crippen LogP contribution >= 0.6 is 0 Å². The second kappa shape index (κ2) is 6.65. The van der Waals surface area contributed by atoms with E-state index >= 15 is 0 Å². The Morgan fingerprint density at radius 1 is 1.50 bits per heavy atom. The van der Waals surface area contributed by atoms with Gasteiger partial charge in [0.25, 0.3) is 0 Å². The van der Waals surface area contributed by atoms with Crippen molar-refractivity contribution in [3.05, 3.63) is 24.2 Å². The van der Waals surface area contributed by atoms with Crippen LogP contribution < -0.4 is 10.6 Å². The summed E-state index contributed by atoms with van der Waals surface area (Å²) < 4.78 is 5.13. The SMILES string of the molecule is CC(Cc1ccco1)NC(=O)NC[C@H](O)C(=O)O. The van der Waals surface area contributed by atoms with Crippen LogP contribution in [0.2, 0.25) is 0 Å². The summed E-state index contributed by atoms with van der Waals surface area (Å²) >= 11 is 0. The molecule has 1 heterocycles. The Labute approximate surface area is 104 Å². The molecule has 0 aromatic carbocycles. The summed E-state index contributed by atoms with van der Waals surface area (Å²) in [5, 5.41) is 22.2. The molecule has 0 fully saturated rings. The third-order valence-corrected chi connectivity index (χ3v) is 2.21. The molecule has 1 unspecified atom stereocenters. The Morgan fingerprint density at radius 2 is 2.22 bits per heavy atom. The molecule has 2 amide bonds. The van der Waals surface area contributed by atoms with Crippen LogP contribution in [0.1, 0.15) is 12.7 Å². The average molecular weight is 256 g/mol. The van der Waals surface area contributed by atoms with Crippen molar-refractivity contribution in [3.8, 4) is 0 Å². The van der Waals surface area contributed by atoms with Crippen LogP contribution in [-0.4, -0.2) is 40.9 Å². The van der Waals surface area contributed by atoms with E-state index < -0.39 is 18.1 Å². The lowest BCUT2D eigenvalue weighted by atomic mass is 10.2. The number of aliphatic hydroxyl groups excluding tert-OH is 1. The molecule has 0 saturated carbocycles. The van der Waals surface area contributed by atoms with E-state index in [0.29, 0.717) is 6.42 Å². The predicted molar refractivity (Wildman–Crippen MR) is 62.1 cm³/mol. The van der Waals surface area contributed by atoms with E-state index in [1.165, 1.54) is 0 Å². The van der Waals surface area contributed by atoms with E-state index in [0.717, 1.165) is 5.76 Å². The van der Waals surface area contributed by atoms with Gasteiger partial charge in [0.1, 0.15) is 5.76 Å². The van der Waals surface area contributed by atoms with Crippen LogP contribution in [0.5, 0.6) is 0 Å². The number of aliphatic carboxylic acids is 1. The fourth-order valence-electron chi connectivity index (χ4n) is 1.33. The quantitative estimate of drug-likeness (QED) is 0.570. The molecular weight excluding hydrogens is 240 g/mol. The molecule has 2 atom stereocenters. The third kappa shape index (κ3) is 4.88. The summed E-state index contributed by atoms with van der Waals surface area (Å²) in [6.45, 7) is 1.45. The lowest BCUT2D eigenvalue weighted by Crippen LogP contribution is -2.45. The van der Waals surface area contributed by atoms with E-state index in [-0.39, 0.29) is 12.6 Å². The van der Waals surface area contributed by atoms with E-state index in [4.69, 9.17) is 14.6 Å². The standard InChI is InChI=1S/C11H16N2O5/c1-7(5-8-3-2-4-18-8)13-11(17)12-6-9(14)10(15)16/h2-4,7,9,14H,5-6H2,1H3,(H,15,16)(H2,12,13,17)/t7?,9-/m0/s1. The number of carbonyl (C=O) groups excluding carboxylic acids is 1. The van der Waals surface area contributed by atoms with Crippen LogP contribution in [-0.2, 0) is 11.2 Å². The summed E-state index contributed by atoms with van der Waals surface area (Å²) in [6.07, 6.45) is 0.476. The second-order valence-electron chi connectivity index (χ2n) is 3.89. The van der Waals surface area contributed by atoms with Crippen LogP contribution in [0.3, 0.4) is 0 Å². The maximum Gasteiger partial charge on any atom is 0.334 e. The van der Waals surface area contributed by atoms with Crippen LogP contribution in [0, 0.1) is 0 Å². The van der Waals surface area contributed by atoms with E-state index in [1.807, 2.05) is 0 Å². The molecule has 0 aliphatic rings. The third-order valence-electron chi connectivity index (χ3n) is 2.21. The molecule has 4 N–H and O–H groups in total. The van der Waals surface area contributed by atoms with E-state index in [2.05, 4.69) is 10.6 Å². The number of nitrogens with one attached hydrogen (secondary N) is 2. The summed E-state index contributed by atoms with van der Waals surface area (Å²) in [4.78, 5) is 21.7. The number of carboxylic acid groups (broad SMARTS) is 1. The maximum atomic E-state index is 11.4. The number of carboxylic acids is 1. The van der Waals surface area contributed by atoms with E-state index in [1.54, 1.807) is 25.3 Å². The number of urea groups is 1. The van der Waals surface area contributed by atoms with Gasteiger partial charge in [-0.1, -0.05) is 0 Å². The molecule has 7 nitrogen and oxygen atoms in total. The van der Waals surface area contributed by atoms with Crippen molar-refractivity contribution in [2.45, 2.75) is 25.5 Å². The minimum Gasteiger partial charge on any atom is -0.479 e. The number of carbonyl (C=O) groups is 2. The first kappa shape index (κ1) is 14.0. The van der Waals surface area contributed by atoms with Crippen molar-refractivity contribution in [1.29, 1.82) is 0 Å². The summed E-state index contributed by atoms with van der Waals surface area (Å²) in [6, 6.07) is 2.85. The first-order valence-corrected chi connectivity index (χ1v) is 5.46. The Balaban J connectivity index is 2.25. The van der Waals surface area contributed by atoms with Gasteiger partial charge in [-0.15, -0.1) is 0 Å². The number of amides is 2. The van der Waals surface area contributed by atoms with Gasteiger partial charge in [-0.2, -0.15) is 0 Å². The van der Waals surface area contributed by atoms with Gasteiger partial charge in [0.05, 0.1) is 12.8 Å².